The molecule has 2 aromatic carbocycles. The van der Waals surface area contributed by atoms with Gasteiger partial charge >= 0.3 is 0 Å². The zero-order valence-corrected chi connectivity index (χ0v) is 18.6. The van der Waals surface area contributed by atoms with E-state index >= 15 is 0 Å². The van der Waals surface area contributed by atoms with Crippen LogP contribution in [0.25, 0.3) is 16.8 Å². The van der Waals surface area contributed by atoms with Gasteiger partial charge in [0.2, 0.25) is 0 Å². The molecule has 3 aliphatic rings. The molecule has 3 aliphatic carbocycles. The Kier molecular flexibility index (Phi) is 3.65. The van der Waals surface area contributed by atoms with E-state index in [4.69, 9.17) is 4.98 Å². The average Bonchev–Trinajstić information content (AvgIpc) is 3.31. The maximum absolute atomic E-state index is 12.9. The fourth-order valence-corrected chi connectivity index (χ4v) is 6.74. The van der Waals surface area contributed by atoms with Crippen LogP contribution in [0.1, 0.15) is 43.9 Å². The number of Topliss-reactive ketones (excluding diaryl/α,β-unsaturated/α-hetero) is 1. The summed E-state index contributed by atoms with van der Waals surface area (Å²) in [7, 11) is 0. The number of fused-ring (bicyclic) bond motifs is 2. The Balaban J connectivity index is 1.48. The van der Waals surface area contributed by atoms with E-state index in [9.17, 15) is 10.1 Å². The number of imidazole rings is 1. The molecule has 0 N–H and O–H groups in total. The van der Waals surface area contributed by atoms with Crippen molar-refractivity contribution in [3.8, 4) is 22.9 Å². The second kappa shape index (κ2) is 6.07. The van der Waals surface area contributed by atoms with E-state index in [1.165, 1.54) is 16.8 Å². The van der Waals surface area contributed by atoms with E-state index in [1.807, 2.05) is 12.1 Å². The van der Waals surface area contributed by atoms with Gasteiger partial charge in [-0.3, -0.25) is 4.79 Å². The topological polar surface area (TPSA) is 58.7 Å². The fraction of sp³-hybridized carbons (Fsp3) is 0.321. The molecule has 3 atom stereocenters. The van der Waals surface area contributed by atoms with Crippen LogP contribution in [-0.2, 0) is 16.6 Å². The van der Waals surface area contributed by atoms with E-state index < -0.39 is 10.8 Å². The first-order chi connectivity index (χ1) is 15.3. The number of nitrogens with zero attached hydrogens (tertiary/aromatic N) is 3. The molecule has 0 bridgehead atoms. The van der Waals surface area contributed by atoms with Crippen LogP contribution < -0.4 is 0 Å². The molecule has 1 heterocycles. The molecule has 158 valence electrons. The lowest BCUT2D eigenvalue weighted by Gasteiger charge is -2.44. The number of nitriles is 1. The highest BCUT2D eigenvalue weighted by Gasteiger charge is 2.78. The second-order valence-corrected chi connectivity index (χ2v) is 9.99. The first-order valence-corrected chi connectivity index (χ1v) is 11.3. The molecule has 4 heteroatoms. The molecule has 1 saturated carbocycles. The van der Waals surface area contributed by atoms with Crippen LogP contribution in [0.4, 0.5) is 0 Å². The predicted molar refractivity (Wildman–Crippen MR) is 123 cm³/mol. The van der Waals surface area contributed by atoms with Gasteiger partial charge in [-0.1, -0.05) is 55.5 Å². The molecule has 1 aromatic heterocycles. The van der Waals surface area contributed by atoms with Crippen LogP contribution in [-0.4, -0.2) is 15.3 Å². The smallest absolute Gasteiger partial charge is 0.179 e. The normalized spacial score (nSPS) is 29.9. The van der Waals surface area contributed by atoms with Gasteiger partial charge in [0.15, 0.2) is 5.78 Å². The quantitative estimate of drug-likeness (QED) is 0.553. The van der Waals surface area contributed by atoms with Gasteiger partial charge in [0.25, 0.3) is 0 Å². The van der Waals surface area contributed by atoms with Gasteiger partial charge in [0, 0.05) is 22.2 Å². The minimum atomic E-state index is -0.436. The van der Waals surface area contributed by atoms with Crippen LogP contribution in [0.5, 0.6) is 0 Å². The van der Waals surface area contributed by atoms with Crippen LogP contribution in [0.15, 0.2) is 66.2 Å². The third-order valence-electron chi connectivity index (χ3n) is 8.53. The van der Waals surface area contributed by atoms with Gasteiger partial charge in [0.05, 0.1) is 11.3 Å². The van der Waals surface area contributed by atoms with Crippen molar-refractivity contribution in [2.45, 2.75) is 45.4 Å². The summed E-state index contributed by atoms with van der Waals surface area (Å²) in [6.45, 7) is 6.29. The highest BCUT2D eigenvalue weighted by molar-refractivity contribution is 6.07. The number of aromatic nitrogens is 2. The van der Waals surface area contributed by atoms with Crippen molar-refractivity contribution in [2.75, 3.05) is 0 Å². The number of carbonyl (C=O) groups excluding carboxylic acids is 1. The predicted octanol–water partition coefficient (Wildman–Crippen LogP) is 5.48. The average molecular weight is 420 g/mol. The minimum Gasteiger partial charge on any atom is -0.301 e. The number of aryl methyl sites for hydroxylation is 1. The van der Waals surface area contributed by atoms with E-state index in [1.54, 1.807) is 0 Å². The molecule has 6 rings (SSSR count). The first-order valence-electron chi connectivity index (χ1n) is 11.3. The molecular formula is C28H25N3O. The fourth-order valence-electron chi connectivity index (χ4n) is 6.74. The molecule has 0 amide bonds. The minimum absolute atomic E-state index is 0.0218. The SMILES string of the molecule is Cc1nc2c(n1-c1ccc(-c3ccccc3)cc1)CC[C@@]13CC1(C)C(=O)C(C#N)=C[C@]23C. The number of ketones is 1. The van der Waals surface area contributed by atoms with Gasteiger partial charge in [0.1, 0.15) is 11.9 Å². The van der Waals surface area contributed by atoms with E-state index in [0.717, 1.165) is 36.5 Å². The summed E-state index contributed by atoms with van der Waals surface area (Å²) in [5.74, 6) is 0.973. The van der Waals surface area contributed by atoms with Crippen LogP contribution in [0, 0.1) is 29.1 Å². The Bertz CT molecular complexity index is 1360. The van der Waals surface area contributed by atoms with Crippen molar-refractivity contribution < 1.29 is 4.79 Å². The Morgan fingerprint density at radius 3 is 2.41 bits per heavy atom. The highest BCUT2D eigenvalue weighted by Crippen LogP contribution is 2.78. The van der Waals surface area contributed by atoms with Gasteiger partial charge < -0.3 is 4.57 Å². The Hall–Kier alpha value is -3.45. The van der Waals surface area contributed by atoms with E-state index in [-0.39, 0.29) is 11.2 Å². The number of hydrogen-bond donors (Lipinski definition) is 0. The summed E-state index contributed by atoms with van der Waals surface area (Å²) in [4.78, 5) is 18.0. The Labute approximate surface area is 188 Å². The summed E-state index contributed by atoms with van der Waals surface area (Å²) in [6.07, 6.45) is 4.61. The van der Waals surface area contributed by atoms with Gasteiger partial charge in [-0.15, -0.1) is 0 Å². The number of benzene rings is 2. The molecule has 1 spiro atoms. The number of allylic oxidation sites excluding steroid dienone is 2. The maximum Gasteiger partial charge on any atom is 0.179 e. The molecule has 0 saturated heterocycles. The zero-order chi connectivity index (χ0) is 22.3. The summed E-state index contributed by atoms with van der Waals surface area (Å²) >= 11 is 0. The lowest BCUT2D eigenvalue weighted by molar-refractivity contribution is -0.122. The monoisotopic (exact) mass is 419 g/mol. The Morgan fingerprint density at radius 2 is 1.72 bits per heavy atom. The standard InChI is InChI=1S/C28H25N3O/c1-18-30-24-23(31(18)22-11-9-20(10-12-22)19-7-5-4-6-8-19)13-14-28-17-27(28,3)25(32)21(16-29)15-26(24,28)2/h4-12,15H,13-14,17H2,1-3H3/t26-,27?,28+/m1/s1. The van der Waals surface area contributed by atoms with Crippen molar-refractivity contribution in [2.24, 2.45) is 10.8 Å². The summed E-state index contributed by atoms with van der Waals surface area (Å²) in [6, 6.07) is 21.2. The number of rotatable bonds is 2. The summed E-state index contributed by atoms with van der Waals surface area (Å²) in [5.41, 5.74) is 5.09. The molecule has 4 nitrogen and oxygen atoms in total. The lowest BCUT2D eigenvalue weighted by atomic mass is 9.58. The van der Waals surface area contributed by atoms with Crippen LogP contribution >= 0.6 is 0 Å². The Morgan fingerprint density at radius 1 is 1.03 bits per heavy atom. The van der Waals surface area contributed by atoms with Gasteiger partial charge in [-0.2, -0.15) is 5.26 Å². The zero-order valence-electron chi connectivity index (χ0n) is 18.6. The maximum atomic E-state index is 12.9. The van der Waals surface area contributed by atoms with Gasteiger partial charge in [-0.05, 0) is 61.8 Å². The van der Waals surface area contributed by atoms with Crippen LogP contribution in [0.2, 0.25) is 0 Å². The molecule has 3 aromatic rings. The molecule has 0 aliphatic heterocycles. The summed E-state index contributed by atoms with van der Waals surface area (Å²) in [5, 5.41) is 9.66. The van der Waals surface area contributed by atoms with Crippen molar-refractivity contribution in [1.29, 1.82) is 5.26 Å². The van der Waals surface area contributed by atoms with E-state index in [0.29, 0.717) is 5.57 Å². The third-order valence-corrected chi connectivity index (χ3v) is 8.53. The van der Waals surface area contributed by atoms with Crippen molar-refractivity contribution >= 4 is 5.78 Å². The molecule has 32 heavy (non-hydrogen) atoms. The number of carbonyl (C=O) groups is 1. The molecule has 0 radical (unpaired) electrons. The number of hydrogen-bond acceptors (Lipinski definition) is 3. The summed E-state index contributed by atoms with van der Waals surface area (Å²) < 4.78 is 2.26. The van der Waals surface area contributed by atoms with Crippen molar-refractivity contribution in [1.82, 2.24) is 9.55 Å². The van der Waals surface area contributed by atoms with Crippen molar-refractivity contribution in [3.05, 3.63) is 83.5 Å². The van der Waals surface area contributed by atoms with Crippen molar-refractivity contribution in [3.63, 3.8) is 0 Å². The second-order valence-electron chi connectivity index (χ2n) is 9.99. The van der Waals surface area contributed by atoms with Gasteiger partial charge in [-0.25, -0.2) is 4.98 Å². The molecular weight excluding hydrogens is 394 g/mol. The third kappa shape index (κ3) is 2.16. The lowest BCUT2D eigenvalue weighted by Crippen LogP contribution is -2.46. The molecule has 1 fully saturated rings. The first kappa shape index (κ1) is 19.3. The van der Waals surface area contributed by atoms with E-state index in [2.05, 4.69) is 79.9 Å². The highest BCUT2D eigenvalue weighted by atomic mass is 16.1. The largest absolute Gasteiger partial charge is 0.301 e. The van der Waals surface area contributed by atoms with Crippen LogP contribution in [0.3, 0.4) is 0 Å². The molecule has 1 unspecified atom stereocenters.